The van der Waals surface area contributed by atoms with Crippen LogP contribution >= 0.6 is 0 Å². The number of carboxylic acid groups (broad SMARTS) is 1. The molecule has 1 rings (SSSR count). The maximum atomic E-state index is 11.8. The summed E-state index contributed by atoms with van der Waals surface area (Å²) in [6, 6.07) is 6.47. The lowest BCUT2D eigenvalue weighted by molar-refractivity contribution is -0.120. The topological polar surface area (TPSA) is 66.4 Å². The highest BCUT2D eigenvalue weighted by atomic mass is 16.4. The van der Waals surface area contributed by atoms with Crippen LogP contribution in [0.4, 0.5) is 0 Å². The Labute approximate surface area is 113 Å². The van der Waals surface area contributed by atoms with Gasteiger partial charge in [-0.2, -0.15) is 0 Å². The predicted octanol–water partition coefficient (Wildman–Crippen LogP) is 2.34. The molecule has 104 valence electrons. The van der Waals surface area contributed by atoms with E-state index >= 15 is 0 Å². The summed E-state index contributed by atoms with van der Waals surface area (Å²) in [5, 5.41) is 11.8. The number of carbonyl (C=O) groups is 2. The van der Waals surface area contributed by atoms with Crippen molar-refractivity contribution in [2.24, 2.45) is 11.8 Å². The molecular formula is C15H21NO3. The van der Waals surface area contributed by atoms with E-state index in [0.717, 1.165) is 5.56 Å². The van der Waals surface area contributed by atoms with E-state index < -0.39 is 5.97 Å². The molecule has 1 atom stereocenters. The molecule has 0 aliphatic heterocycles. The van der Waals surface area contributed by atoms with Crippen molar-refractivity contribution in [1.29, 1.82) is 0 Å². The second-order valence-corrected chi connectivity index (χ2v) is 5.21. The van der Waals surface area contributed by atoms with Crippen molar-refractivity contribution in [2.45, 2.75) is 27.2 Å². The summed E-state index contributed by atoms with van der Waals surface area (Å²) < 4.78 is 0. The van der Waals surface area contributed by atoms with E-state index in [1.807, 2.05) is 0 Å². The van der Waals surface area contributed by atoms with Crippen LogP contribution in [0.25, 0.3) is 0 Å². The van der Waals surface area contributed by atoms with E-state index in [9.17, 15) is 9.59 Å². The maximum absolute atomic E-state index is 11.8. The van der Waals surface area contributed by atoms with Crippen LogP contribution in [-0.4, -0.2) is 23.5 Å². The monoisotopic (exact) mass is 263 g/mol. The van der Waals surface area contributed by atoms with Gasteiger partial charge in [-0.1, -0.05) is 32.9 Å². The molecule has 0 aliphatic rings. The second-order valence-electron chi connectivity index (χ2n) is 5.21. The van der Waals surface area contributed by atoms with Crippen molar-refractivity contribution in [3.63, 3.8) is 0 Å². The minimum atomic E-state index is -0.976. The standard InChI is InChI=1S/C15H21NO3/c1-10(2)11(3)9-16-14(17)8-12-5-4-6-13(7-12)15(18)19/h4-7,10-11H,8-9H2,1-3H3,(H,16,17)(H,18,19). The number of nitrogens with one attached hydrogen (secondary N) is 1. The molecule has 0 bridgehead atoms. The quantitative estimate of drug-likeness (QED) is 0.827. The van der Waals surface area contributed by atoms with Crippen LogP contribution in [0.1, 0.15) is 36.7 Å². The fourth-order valence-electron chi connectivity index (χ4n) is 1.57. The summed E-state index contributed by atoms with van der Waals surface area (Å²) in [5.41, 5.74) is 0.926. The van der Waals surface area contributed by atoms with Gasteiger partial charge in [0.15, 0.2) is 0 Å². The van der Waals surface area contributed by atoms with Gasteiger partial charge in [0.25, 0.3) is 0 Å². The molecule has 0 aromatic heterocycles. The molecule has 0 aliphatic carbocycles. The summed E-state index contributed by atoms with van der Waals surface area (Å²) in [4.78, 5) is 22.6. The van der Waals surface area contributed by atoms with E-state index in [1.54, 1.807) is 12.1 Å². The molecule has 2 N–H and O–H groups in total. The Kier molecular flexibility index (Phi) is 5.55. The molecule has 4 nitrogen and oxygen atoms in total. The third kappa shape index (κ3) is 5.12. The van der Waals surface area contributed by atoms with E-state index in [1.165, 1.54) is 12.1 Å². The number of aromatic carboxylic acids is 1. The molecule has 1 unspecified atom stereocenters. The highest BCUT2D eigenvalue weighted by molar-refractivity contribution is 5.88. The fourth-order valence-corrected chi connectivity index (χ4v) is 1.57. The van der Waals surface area contributed by atoms with Gasteiger partial charge in [0.05, 0.1) is 12.0 Å². The molecule has 0 saturated heterocycles. The molecule has 1 amide bonds. The third-order valence-corrected chi connectivity index (χ3v) is 3.30. The molecule has 0 saturated carbocycles. The van der Waals surface area contributed by atoms with Crippen molar-refractivity contribution < 1.29 is 14.7 Å². The Morgan fingerprint density at radius 2 is 1.95 bits per heavy atom. The maximum Gasteiger partial charge on any atom is 0.335 e. The Hall–Kier alpha value is -1.84. The van der Waals surface area contributed by atoms with Crippen molar-refractivity contribution in [3.05, 3.63) is 35.4 Å². The highest BCUT2D eigenvalue weighted by Crippen LogP contribution is 2.09. The minimum absolute atomic E-state index is 0.0740. The first-order valence-corrected chi connectivity index (χ1v) is 6.49. The highest BCUT2D eigenvalue weighted by Gasteiger charge is 2.10. The van der Waals surface area contributed by atoms with Crippen LogP contribution in [0, 0.1) is 11.8 Å². The number of carboxylic acids is 1. The van der Waals surface area contributed by atoms with Crippen LogP contribution in [0.5, 0.6) is 0 Å². The Morgan fingerprint density at radius 1 is 1.26 bits per heavy atom. The first-order valence-electron chi connectivity index (χ1n) is 6.49. The number of hydrogen-bond donors (Lipinski definition) is 2. The lowest BCUT2D eigenvalue weighted by Gasteiger charge is -2.16. The number of carbonyl (C=O) groups excluding carboxylic acids is 1. The van der Waals surface area contributed by atoms with Gasteiger partial charge >= 0.3 is 5.97 Å². The summed E-state index contributed by atoms with van der Waals surface area (Å²) in [7, 11) is 0. The summed E-state index contributed by atoms with van der Waals surface area (Å²) >= 11 is 0. The number of rotatable bonds is 6. The Bertz CT molecular complexity index is 454. The molecule has 19 heavy (non-hydrogen) atoms. The van der Waals surface area contributed by atoms with Gasteiger partial charge in [-0.05, 0) is 29.5 Å². The smallest absolute Gasteiger partial charge is 0.335 e. The third-order valence-electron chi connectivity index (χ3n) is 3.30. The normalized spacial score (nSPS) is 12.2. The zero-order chi connectivity index (χ0) is 14.4. The van der Waals surface area contributed by atoms with E-state index in [4.69, 9.17) is 5.11 Å². The SMILES string of the molecule is CC(C)C(C)CNC(=O)Cc1cccc(C(=O)O)c1. The predicted molar refractivity (Wildman–Crippen MR) is 74.1 cm³/mol. The number of benzene rings is 1. The lowest BCUT2D eigenvalue weighted by atomic mass is 9.98. The van der Waals surface area contributed by atoms with E-state index in [0.29, 0.717) is 18.4 Å². The van der Waals surface area contributed by atoms with Crippen LogP contribution in [0.15, 0.2) is 24.3 Å². The van der Waals surface area contributed by atoms with Crippen molar-refractivity contribution >= 4 is 11.9 Å². The molecule has 1 aromatic carbocycles. The minimum Gasteiger partial charge on any atom is -0.478 e. The largest absolute Gasteiger partial charge is 0.478 e. The molecule has 0 fully saturated rings. The summed E-state index contributed by atoms with van der Waals surface area (Å²) in [6.45, 7) is 6.98. The van der Waals surface area contributed by atoms with Crippen LogP contribution < -0.4 is 5.32 Å². The number of hydrogen-bond acceptors (Lipinski definition) is 2. The number of amides is 1. The first-order chi connectivity index (χ1) is 8.90. The van der Waals surface area contributed by atoms with E-state index in [2.05, 4.69) is 26.1 Å². The van der Waals surface area contributed by atoms with Crippen LogP contribution in [-0.2, 0) is 11.2 Å². The van der Waals surface area contributed by atoms with Crippen molar-refractivity contribution in [2.75, 3.05) is 6.54 Å². The molecule has 4 heteroatoms. The average molecular weight is 263 g/mol. The molecule has 0 heterocycles. The van der Waals surface area contributed by atoms with Gasteiger partial charge in [0.1, 0.15) is 0 Å². The molecule has 0 spiro atoms. The zero-order valence-electron chi connectivity index (χ0n) is 11.6. The second kappa shape index (κ2) is 6.92. The zero-order valence-corrected chi connectivity index (χ0v) is 11.6. The van der Waals surface area contributed by atoms with Crippen LogP contribution in [0.2, 0.25) is 0 Å². The van der Waals surface area contributed by atoms with E-state index in [-0.39, 0.29) is 17.9 Å². The van der Waals surface area contributed by atoms with Gasteiger partial charge in [0.2, 0.25) is 5.91 Å². The van der Waals surface area contributed by atoms with Gasteiger partial charge in [-0.15, -0.1) is 0 Å². The Morgan fingerprint density at radius 3 is 2.53 bits per heavy atom. The van der Waals surface area contributed by atoms with Crippen LogP contribution in [0.3, 0.4) is 0 Å². The molecule has 0 radical (unpaired) electrons. The van der Waals surface area contributed by atoms with Gasteiger partial charge in [-0.3, -0.25) is 4.79 Å². The lowest BCUT2D eigenvalue weighted by Crippen LogP contribution is -2.31. The average Bonchev–Trinajstić information content (AvgIpc) is 2.36. The van der Waals surface area contributed by atoms with Crippen molar-refractivity contribution in [3.8, 4) is 0 Å². The summed E-state index contributed by atoms with van der Waals surface area (Å²) in [5.74, 6) is -0.101. The van der Waals surface area contributed by atoms with Gasteiger partial charge < -0.3 is 10.4 Å². The molecule has 1 aromatic rings. The first kappa shape index (κ1) is 15.2. The van der Waals surface area contributed by atoms with Crippen molar-refractivity contribution in [1.82, 2.24) is 5.32 Å². The fraction of sp³-hybridized carbons (Fsp3) is 0.467. The van der Waals surface area contributed by atoms with Gasteiger partial charge in [-0.25, -0.2) is 4.79 Å². The molecular weight excluding hydrogens is 242 g/mol. The van der Waals surface area contributed by atoms with Gasteiger partial charge in [0, 0.05) is 6.54 Å². The Balaban J connectivity index is 2.53. The summed E-state index contributed by atoms with van der Waals surface area (Å²) in [6.07, 6.45) is 0.214.